The lowest BCUT2D eigenvalue weighted by Crippen LogP contribution is -2.33. The van der Waals surface area contributed by atoms with Gasteiger partial charge < -0.3 is 15.4 Å². The number of hydrogen-bond donors (Lipinski definition) is 2. The van der Waals surface area contributed by atoms with Crippen LogP contribution < -0.4 is 10.6 Å². The van der Waals surface area contributed by atoms with Crippen molar-refractivity contribution in [1.82, 2.24) is 10.6 Å². The van der Waals surface area contributed by atoms with Crippen LogP contribution in [0, 0.1) is 6.92 Å². The normalized spacial score (nSPS) is 16.1. The largest absolute Gasteiger partial charge is 0.378 e. The molecule has 4 nitrogen and oxygen atoms in total. The second kappa shape index (κ2) is 8.02. The monoisotopic (exact) mass is 276 g/mol. The van der Waals surface area contributed by atoms with Gasteiger partial charge in [-0.3, -0.25) is 4.79 Å². The van der Waals surface area contributed by atoms with Gasteiger partial charge in [0, 0.05) is 13.0 Å². The molecule has 1 aromatic carbocycles. The van der Waals surface area contributed by atoms with Crippen LogP contribution in [0.1, 0.15) is 30.4 Å². The highest BCUT2D eigenvalue weighted by atomic mass is 16.5. The smallest absolute Gasteiger partial charge is 0.222 e. The summed E-state index contributed by atoms with van der Waals surface area (Å²) in [7, 11) is 0. The first kappa shape index (κ1) is 15.0. The van der Waals surface area contributed by atoms with Crippen LogP contribution in [0.25, 0.3) is 0 Å². The lowest BCUT2D eigenvalue weighted by atomic mass is 10.1. The second-order valence-corrected chi connectivity index (χ2v) is 5.27. The van der Waals surface area contributed by atoms with Gasteiger partial charge in [-0.15, -0.1) is 0 Å². The molecular formula is C16H24N2O2. The SMILES string of the molecule is Cc1ccccc1CNC(=O)CCOC1CCNCC1. The third-order valence-corrected chi connectivity index (χ3v) is 3.71. The number of carbonyl (C=O) groups excluding carboxylic acids is 1. The number of nitrogens with one attached hydrogen (secondary N) is 2. The Kier molecular flexibility index (Phi) is 6.02. The molecule has 1 aromatic rings. The molecule has 0 atom stereocenters. The van der Waals surface area contributed by atoms with E-state index in [9.17, 15) is 4.79 Å². The van der Waals surface area contributed by atoms with Crippen LogP contribution in [-0.2, 0) is 16.1 Å². The highest BCUT2D eigenvalue weighted by Gasteiger charge is 2.13. The Morgan fingerprint density at radius 1 is 1.35 bits per heavy atom. The average molecular weight is 276 g/mol. The lowest BCUT2D eigenvalue weighted by molar-refractivity contribution is -0.122. The van der Waals surface area contributed by atoms with Crippen molar-refractivity contribution < 1.29 is 9.53 Å². The molecule has 0 bridgehead atoms. The van der Waals surface area contributed by atoms with E-state index in [0.29, 0.717) is 25.7 Å². The van der Waals surface area contributed by atoms with E-state index in [2.05, 4.69) is 23.6 Å². The summed E-state index contributed by atoms with van der Waals surface area (Å²) in [5, 5.41) is 6.24. The second-order valence-electron chi connectivity index (χ2n) is 5.27. The Morgan fingerprint density at radius 3 is 2.85 bits per heavy atom. The number of rotatable bonds is 6. The first-order chi connectivity index (χ1) is 9.75. The van der Waals surface area contributed by atoms with E-state index < -0.39 is 0 Å². The van der Waals surface area contributed by atoms with E-state index in [-0.39, 0.29) is 5.91 Å². The van der Waals surface area contributed by atoms with Gasteiger partial charge in [-0.1, -0.05) is 24.3 Å². The maximum atomic E-state index is 11.8. The molecule has 2 N–H and O–H groups in total. The predicted octanol–water partition coefficient (Wildman–Crippen LogP) is 1.77. The molecule has 0 radical (unpaired) electrons. The zero-order valence-corrected chi connectivity index (χ0v) is 12.2. The molecule has 1 aliphatic rings. The van der Waals surface area contributed by atoms with Crippen molar-refractivity contribution in [2.45, 2.75) is 38.8 Å². The standard InChI is InChI=1S/C16H24N2O2/c1-13-4-2-3-5-14(13)12-18-16(19)8-11-20-15-6-9-17-10-7-15/h2-5,15,17H,6-12H2,1H3,(H,18,19). The van der Waals surface area contributed by atoms with Gasteiger partial charge in [0.05, 0.1) is 12.7 Å². The minimum absolute atomic E-state index is 0.0576. The zero-order valence-electron chi connectivity index (χ0n) is 12.2. The maximum absolute atomic E-state index is 11.8. The average Bonchev–Trinajstić information content (AvgIpc) is 2.47. The third-order valence-electron chi connectivity index (χ3n) is 3.71. The summed E-state index contributed by atoms with van der Waals surface area (Å²) >= 11 is 0. The number of ether oxygens (including phenoxy) is 1. The molecule has 110 valence electrons. The number of amides is 1. The Balaban J connectivity index is 1.62. The van der Waals surface area contributed by atoms with Crippen molar-refractivity contribution in [3.8, 4) is 0 Å². The summed E-state index contributed by atoms with van der Waals surface area (Å²) < 4.78 is 5.73. The quantitative estimate of drug-likeness (QED) is 0.832. The summed E-state index contributed by atoms with van der Waals surface area (Å²) in [4.78, 5) is 11.8. The first-order valence-electron chi connectivity index (χ1n) is 7.39. The van der Waals surface area contributed by atoms with Gasteiger partial charge in [-0.25, -0.2) is 0 Å². The zero-order chi connectivity index (χ0) is 14.2. The molecule has 0 aromatic heterocycles. The van der Waals surface area contributed by atoms with Gasteiger partial charge in [0.1, 0.15) is 0 Å². The molecule has 1 fully saturated rings. The third kappa shape index (κ3) is 4.94. The van der Waals surface area contributed by atoms with Gasteiger partial charge in [-0.2, -0.15) is 0 Å². The summed E-state index contributed by atoms with van der Waals surface area (Å²) in [6, 6.07) is 8.10. The molecule has 0 saturated carbocycles. The van der Waals surface area contributed by atoms with Crippen LogP contribution in [0.5, 0.6) is 0 Å². The van der Waals surface area contributed by atoms with Gasteiger partial charge in [0.15, 0.2) is 0 Å². The van der Waals surface area contributed by atoms with Crippen LogP contribution in [0.15, 0.2) is 24.3 Å². The highest BCUT2D eigenvalue weighted by molar-refractivity contribution is 5.75. The number of piperidine rings is 1. The number of benzene rings is 1. The van der Waals surface area contributed by atoms with Crippen molar-refractivity contribution in [1.29, 1.82) is 0 Å². The lowest BCUT2D eigenvalue weighted by Gasteiger charge is -2.22. The van der Waals surface area contributed by atoms with Gasteiger partial charge in [0.25, 0.3) is 0 Å². The minimum Gasteiger partial charge on any atom is -0.378 e. The van der Waals surface area contributed by atoms with E-state index in [1.54, 1.807) is 0 Å². The van der Waals surface area contributed by atoms with Crippen molar-refractivity contribution in [2.24, 2.45) is 0 Å². The molecule has 2 rings (SSSR count). The van der Waals surface area contributed by atoms with E-state index in [0.717, 1.165) is 25.9 Å². The maximum Gasteiger partial charge on any atom is 0.222 e. The fourth-order valence-electron chi connectivity index (χ4n) is 2.37. The molecule has 4 heteroatoms. The van der Waals surface area contributed by atoms with Gasteiger partial charge in [-0.05, 0) is 44.0 Å². The van der Waals surface area contributed by atoms with E-state index in [1.807, 2.05) is 18.2 Å². The first-order valence-corrected chi connectivity index (χ1v) is 7.39. The molecule has 1 saturated heterocycles. The highest BCUT2D eigenvalue weighted by Crippen LogP contribution is 2.08. The summed E-state index contributed by atoms with van der Waals surface area (Å²) in [6.45, 7) is 5.21. The Bertz CT molecular complexity index is 428. The Morgan fingerprint density at radius 2 is 2.10 bits per heavy atom. The topological polar surface area (TPSA) is 50.4 Å². The molecule has 1 heterocycles. The van der Waals surface area contributed by atoms with Crippen molar-refractivity contribution in [3.63, 3.8) is 0 Å². The summed E-state index contributed by atoms with van der Waals surface area (Å²) in [6.07, 6.45) is 2.85. The fourth-order valence-corrected chi connectivity index (χ4v) is 2.37. The van der Waals surface area contributed by atoms with Crippen LogP contribution in [-0.4, -0.2) is 31.7 Å². The van der Waals surface area contributed by atoms with Crippen LogP contribution in [0.2, 0.25) is 0 Å². The minimum atomic E-state index is 0.0576. The van der Waals surface area contributed by atoms with Crippen LogP contribution in [0.3, 0.4) is 0 Å². The van der Waals surface area contributed by atoms with E-state index in [4.69, 9.17) is 4.74 Å². The molecule has 0 aliphatic carbocycles. The molecule has 1 aliphatic heterocycles. The van der Waals surface area contributed by atoms with E-state index >= 15 is 0 Å². The van der Waals surface area contributed by atoms with Gasteiger partial charge >= 0.3 is 0 Å². The summed E-state index contributed by atoms with van der Waals surface area (Å²) in [5.41, 5.74) is 2.37. The van der Waals surface area contributed by atoms with Crippen LogP contribution >= 0.6 is 0 Å². The predicted molar refractivity (Wildman–Crippen MR) is 79.5 cm³/mol. The number of carbonyl (C=O) groups is 1. The Labute approximate surface area is 120 Å². The fraction of sp³-hybridized carbons (Fsp3) is 0.562. The van der Waals surface area contributed by atoms with Crippen molar-refractivity contribution in [2.75, 3.05) is 19.7 Å². The molecule has 0 unspecified atom stereocenters. The number of hydrogen-bond acceptors (Lipinski definition) is 3. The summed E-state index contributed by atoms with van der Waals surface area (Å²) in [5.74, 6) is 0.0576. The van der Waals surface area contributed by atoms with E-state index in [1.165, 1.54) is 11.1 Å². The van der Waals surface area contributed by atoms with Crippen molar-refractivity contribution >= 4 is 5.91 Å². The molecule has 20 heavy (non-hydrogen) atoms. The molecule has 0 spiro atoms. The number of aryl methyl sites for hydroxylation is 1. The molecule has 1 amide bonds. The Hall–Kier alpha value is -1.39. The van der Waals surface area contributed by atoms with Crippen molar-refractivity contribution in [3.05, 3.63) is 35.4 Å². The van der Waals surface area contributed by atoms with Crippen LogP contribution in [0.4, 0.5) is 0 Å². The van der Waals surface area contributed by atoms with Gasteiger partial charge in [0.2, 0.25) is 5.91 Å². The molecular weight excluding hydrogens is 252 g/mol.